The molecule has 0 amide bonds. The number of anilines is 2. The van der Waals surface area contributed by atoms with Crippen molar-refractivity contribution in [1.82, 2.24) is 0 Å². The summed E-state index contributed by atoms with van der Waals surface area (Å²) in [5, 5.41) is -0.164. The zero-order chi connectivity index (χ0) is 16.4. The molecule has 1 aliphatic rings. The predicted molar refractivity (Wildman–Crippen MR) is 78.5 cm³/mol. The third-order valence-electron chi connectivity index (χ3n) is 3.09. The fraction of sp³-hybridized carbons (Fsp3) is 0.200. The third-order valence-corrected chi connectivity index (χ3v) is 3.48. The average Bonchev–Trinajstić information content (AvgIpc) is 3.20. The van der Waals surface area contributed by atoms with Crippen molar-refractivity contribution in [2.45, 2.75) is 18.8 Å². The first-order valence-electron chi connectivity index (χ1n) is 6.44. The van der Waals surface area contributed by atoms with Gasteiger partial charge in [0.2, 0.25) is 0 Å². The van der Waals surface area contributed by atoms with Gasteiger partial charge in [0.25, 0.3) is 0 Å². The van der Waals surface area contributed by atoms with Gasteiger partial charge in [0, 0.05) is 17.3 Å². The normalized spacial score (nSPS) is 13.5. The highest BCUT2D eigenvalue weighted by atomic mass is 35.5. The van der Waals surface area contributed by atoms with Crippen LogP contribution in [0.25, 0.3) is 0 Å². The van der Waals surface area contributed by atoms with E-state index < -0.39 is 23.3 Å². The summed E-state index contributed by atoms with van der Waals surface area (Å²) in [6, 6.07) is 3.97. The topological polar surface area (TPSA) is 52.0 Å². The minimum atomic E-state index is -0.693. The van der Waals surface area contributed by atoms with E-state index in [4.69, 9.17) is 23.1 Å². The lowest BCUT2D eigenvalue weighted by atomic mass is 10.1. The molecule has 0 aromatic heterocycles. The highest BCUT2D eigenvalue weighted by Gasteiger charge is 2.31. The molecule has 1 aliphatic carbocycles. The molecule has 2 aromatic rings. The van der Waals surface area contributed by atoms with Gasteiger partial charge in [0.05, 0.1) is 10.7 Å². The molecule has 3 rings (SSSR count). The predicted octanol–water partition coefficient (Wildman–Crippen LogP) is 4.62. The van der Waals surface area contributed by atoms with Gasteiger partial charge in [0.1, 0.15) is 23.3 Å². The van der Waals surface area contributed by atoms with Gasteiger partial charge in [0.15, 0.2) is 0 Å². The molecule has 1 saturated carbocycles. The lowest BCUT2D eigenvalue weighted by Crippen LogP contribution is -1.98. The Balaban J connectivity index is 0.000000172. The van der Waals surface area contributed by atoms with Gasteiger partial charge in [-0.1, -0.05) is 11.6 Å². The Labute approximate surface area is 129 Å². The van der Waals surface area contributed by atoms with Gasteiger partial charge in [-0.3, -0.25) is 0 Å². The summed E-state index contributed by atoms with van der Waals surface area (Å²) in [6.45, 7) is 0. The second kappa shape index (κ2) is 6.44. The quantitative estimate of drug-likeness (QED) is 0.454. The van der Waals surface area contributed by atoms with Crippen LogP contribution in [0.4, 0.5) is 28.9 Å². The van der Waals surface area contributed by atoms with Crippen LogP contribution in [-0.4, -0.2) is 0 Å². The fourth-order valence-corrected chi connectivity index (χ4v) is 2.11. The maximum Gasteiger partial charge on any atom is 0.150 e. The number of nitrogens with two attached hydrogens (primary N) is 2. The minimum absolute atomic E-state index is 0.00176. The second-order valence-electron chi connectivity index (χ2n) is 4.97. The Morgan fingerprint density at radius 1 is 0.909 bits per heavy atom. The maximum atomic E-state index is 13.4. The van der Waals surface area contributed by atoms with E-state index in [1.807, 2.05) is 0 Å². The van der Waals surface area contributed by atoms with Gasteiger partial charge in [-0.25, -0.2) is 17.6 Å². The van der Waals surface area contributed by atoms with Crippen LogP contribution in [0.3, 0.4) is 0 Å². The van der Waals surface area contributed by atoms with E-state index >= 15 is 0 Å². The maximum absolute atomic E-state index is 13.4. The smallest absolute Gasteiger partial charge is 0.150 e. The monoisotopic (exact) mass is 332 g/mol. The molecule has 0 unspecified atom stereocenters. The summed E-state index contributed by atoms with van der Waals surface area (Å²) in [6.07, 6.45) is 1.65. The number of rotatable bonds is 1. The van der Waals surface area contributed by atoms with Gasteiger partial charge in [-0.15, -0.1) is 0 Å². The summed E-state index contributed by atoms with van der Waals surface area (Å²) in [4.78, 5) is 0. The lowest BCUT2D eigenvalue weighted by Gasteiger charge is -2.06. The first-order valence-corrected chi connectivity index (χ1v) is 6.81. The zero-order valence-corrected chi connectivity index (χ0v) is 12.1. The first-order chi connectivity index (χ1) is 10.3. The molecule has 118 valence electrons. The van der Waals surface area contributed by atoms with Crippen molar-refractivity contribution in [3.63, 3.8) is 0 Å². The molecular formula is C15H13ClF4N2. The summed E-state index contributed by atoms with van der Waals surface area (Å²) in [7, 11) is 0. The summed E-state index contributed by atoms with van der Waals surface area (Å²) >= 11 is 5.56. The van der Waals surface area contributed by atoms with Crippen LogP contribution >= 0.6 is 11.6 Å². The minimum Gasteiger partial charge on any atom is -0.399 e. The number of nitrogen functional groups attached to an aromatic ring is 2. The molecular weight excluding hydrogens is 320 g/mol. The zero-order valence-electron chi connectivity index (χ0n) is 11.3. The van der Waals surface area contributed by atoms with Gasteiger partial charge in [-0.2, -0.15) is 0 Å². The molecule has 0 aliphatic heterocycles. The van der Waals surface area contributed by atoms with Gasteiger partial charge < -0.3 is 11.5 Å². The molecule has 0 spiro atoms. The van der Waals surface area contributed by atoms with Crippen LogP contribution in [0.5, 0.6) is 0 Å². The van der Waals surface area contributed by atoms with Crippen molar-refractivity contribution in [3.8, 4) is 0 Å². The van der Waals surface area contributed by atoms with Crippen molar-refractivity contribution < 1.29 is 17.6 Å². The highest BCUT2D eigenvalue weighted by molar-refractivity contribution is 6.33. The SMILES string of the molecule is Nc1cc(F)c(C2CC2)c(F)c1Cl.Nc1cc(F)cc(F)c1. The average molecular weight is 333 g/mol. The summed E-state index contributed by atoms with van der Waals surface area (Å²) in [5.74, 6) is -2.57. The highest BCUT2D eigenvalue weighted by Crippen LogP contribution is 2.44. The van der Waals surface area contributed by atoms with Crippen LogP contribution in [0.1, 0.15) is 24.3 Å². The van der Waals surface area contributed by atoms with Gasteiger partial charge >= 0.3 is 0 Å². The van der Waals surface area contributed by atoms with Crippen LogP contribution in [-0.2, 0) is 0 Å². The van der Waals surface area contributed by atoms with E-state index in [0.717, 1.165) is 37.1 Å². The van der Waals surface area contributed by atoms with Gasteiger partial charge in [-0.05, 0) is 37.0 Å². The van der Waals surface area contributed by atoms with Crippen LogP contribution in [0.15, 0.2) is 24.3 Å². The Hall–Kier alpha value is -1.95. The van der Waals surface area contributed by atoms with Crippen LogP contribution < -0.4 is 11.5 Å². The number of hydrogen-bond acceptors (Lipinski definition) is 2. The fourth-order valence-electron chi connectivity index (χ4n) is 1.95. The van der Waals surface area contributed by atoms with Crippen LogP contribution in [0, 0.1) is 23.3 Å². The molecule has 4 N–H and O–H groups in total. The van der Waals surface area contributed by atoms with E-state index in [2.05, 4.69) is 0 Å². The van der Waals surface area contributed by atoms with E-state index in [1.165, 1.54) is 0 Å². The molecule has 7 heteroatoms. The van der Waals surface area contributed by atoms with E-state index in [1.54, 1.807) is 0 Å². The molecule has 22 heavy (non-hydrogen) atoms. The van der Waals surface area contributed by atoms with Crippen molar-refractivity contribution in [2.24, 2.45) is 0 Å². The van der Waals surface area contributed by atoms with Crippen molar-refractivity contribution in [3.05, 3.63) is 58.1 Å². The van der Waals surface area contributed by atoms with E-state index in [0.29, 0.717) is 0 Å². The molecule has 0 radical (unpaired) electrons. The number of hydrogen-bond donors (Lipinski definition) is 2. The molecule has 0 atom stereocenters. The molecule has 2 nitrogen and oxygen atoms in total. The van der Waals surface area contributed by atoms with Crippen LogP contribution in [0.2, 0.25) is 5.02 Å². The number of benzene rings is 2. The summed E-state index contributed by atoms with van der Waals surface area (Å²) in [5.41, 5.74) is 10.5. The number of halogens is 5. The molecule has 0 saturated heterocycles. The standard InChI is InChI=1S/C9H8ClF2N.C6H5F2N/c10-8-6(13)3-5(11)7(9(8)12)4-1-2-4;7-4-1-5(8)3-6(9)2-4/h3-4H,1-2,13H2;1-3H,9H2. The largest absolute Gasteiger partial charge is 0.399 e. The first kappa shape index (κ1) is 16.4. The Bertz CT molecular complexity index is 652. The van der Waals surface area contributed by atoms with Crippen molar-refractivity contribution in [2.75, 3.05) is 11.5 Å². The molecule has 0 heterocycles. The van der Waals surface area contributed by atoms with E-state index in [9.17, 15) is 17.6 Å². The second-order valence-corrected chi connectivity index (χ2v) is 5.34. The Morgan fingerprint density at radius 3 is 1.91 bits per heavy atom. The van der Waals surface area contributed by atoms with E-state index in [-0.39, 0.29) is 27.9 Å². The molecule has 1 fully saturated rings. The van der Waals surface area contributed by atoms with Crippen molar-refractivity contribution in [1.29, 1.82) is 0 Å². The molecule has 2 aromatic carbocycles. The van der Waals surface area contributed by atoms with Crippen molar-refractivity contribution >= 4 is 23.0 Å². The Morgan fingerprint density at radius 2 is 1.45 bits per heavy atom. The third kappa shape index (κ3) is 3.82. The Kier molecular flexibility index (Phi) is 4.81. The lowest BCUT2D eigenvalue weighted by molar-refractivity contribution is 0.558. The molecule has 0 bridgehead atoms. The summed E-state index contributed by atoms with van der Waals surface area (Å²) < 4.78 is 50.8.